The van der Waals surface area contributed by atoms with Gasteiger partial charge in [-0.3, -0.25) is 19.7 Å². The molecular formula is C22H23NO5S. The molecule has 0 saturated carbocycles. The average Bonchev–Trinajstić information content (AvgIpc) is 3.01. The molecule has 2 aromatic rings. The van der Waals surface area contributed by atoms with Crippen molar-refractivity contribution in [2.24, 2.45) is 0 Å². The number of thioether (sulfide) groups is 1. The summed E-state index contributed by atoms with van der Waals surface area (Å²) >= 11 is 0.911. The molecule has 1 fully saturated rings. The summed E-state index contributed by atoms with van der Waals surface area (Å²) in [5.41, 5.74) is 0.861. The highest BCUT2D eigenvalue weighted by atomic mass is 32.2. The summed E-state index contributed by atoms with van der Waals surface area (Å²) in [5, 5.41) is 3.97. The lowest BCUT2D eigenvalue weighted by Crippen LogP contribution is -2.17. The summed E-state index contributed by atoms with van der Waals surface area (Å²) in [7, 11) is 0. The molecular weight excluding hydrogens is 390 g/mol. The van der Waals surface area contributed by atoms with Gasteiger partial charge < -0.3 is 9.47 Å². The second-order valence-electron chi connectivity index (χ2n) is 6.58. The number of carbonyl (C=O) groups is 3. The van der Waals surface area contributed by atoms with E-state index in [0.717, 1.165) is 53.1 Å². The smallest absolute Gasteiger partial charge is 0.305 e. The van der Waals surface area contributed by atoms with Gasteiger partial charge >= 0.3 is 5.97 Å². The molecule has 0 aromatic heterocycles. The largest absolute Gasteiger partial charge is 0.494 e. The van der Waals surface area contributed by atoms with Gasteiger partial charge in [0, 0.05) is 6.42 Å². The van der Waals surface area contributed by atoms with Gasteiger partial charge in [0.15, 0.2) is 0 Å². The van der Waals surface area contributed by atoms with Crippen molar-refractivity contribution < 1.29 is 23.9 Å². The zero-order valence-corrected chi connectivity index (χ0v) is 17.1. The Hall–Kier alpha value is -2.80. The van der Waals surface area contributed by atoms with E-state index >= 15 is 0 Å². The van der Waals surface area contributed by atoms with Crippen LogP contribution >= 0.6 is 11.8 Å². The maximum absolute atomic E-state index is 11.7. The van der Waals surface area contributed by atoms with Gasteiger partial charge in [-0.1, -0.05) is 18.2 Å². The van der Waals surface area contributed by atoms with Gasteiger partial charge in [0.05, 0.1) is 18.1 Å². The summed E-state index contributed by atoms with van der Waals surface area (Å²) in [6.45, 7) is 2.83. The summed E-state index contributed by atoms with van der Waals surface area (Å²) in [6, 6.07) is 11.7. The third kappa shape index (κ3) is 6.09. The van der Waals surface area contributed by atoms with E-state index in [2.05, 4.69) is 5.32 Å². The van der Waals surface area contributed by atoms with Crippen molar-refractivity contribution in [3.63, 3.8) is 0 Å². The van der Waals surface area contributed by atoms with Crippen LogP contribution in [0.15, 0.2) is 41.3 Å². The number of unbranched alkanes of at least 4 members (excludes halogenated alkanes) is 2. The van der Waals surface area contributed by atoms with Gasteiger partial charge in [0.1, 0.15) is 5.75 Å². The van der Waals surface area contributed by atoms with E-state index < -0.39 is 0 Å². The molecule has 1 N–H and O–H groups in total. The minimum atomic E-state index is -0.355. The highest BCUT2D eigenvalue weighted by Crippen LogP contribution is 2.28. The number of hydrogen-bond acceptors (Lipinski definition) is 6. The van der Waals surface area contributed by atoms with Crippen molar-refractivity contribution in [1.29, 1.82) is 0 Å². The molecule has 0 radical (unpaired) electrons. The highest BCUT2D eigenvalue weighted by Gasteiger charge is 2.24. The third-order valence-corrected chi connectivity index (χ3v) is 5.19. The summed E-state index contributed by atoms with van der Waals surface area (Å²) < 4.78 is 10.7. The monoisotopic (exact) mass is 413 g/mol. The van der Waals surface area contributed by atoms with E-state index in [1.54, 1.807) is 6.08 Å². The van der Waals surface area contributed by atoms with E-state index in [9.17, 15) is 14.4 Å². The van der Waals surface area contributed by atoms with Crippen LogP contribution in [0.25, 0.3) is 16.8 Å². The van der Waals surface area contributed by atoms with Crippen LogP contribution < -0.4 is 10.1 Å². The van der Waals surface area contributed by atoms with Crippen molar-refractivity contribution in [3.8, 4) is 5.75 Å². The van der Waals surface area contributed by atoms with E-state index in [0.29, 0.717) is 24.5 Å². The minimum absolute atomic E-state index is 0.142. The number of amides is 2. The van der Waals surface area contributed by atoms with E-state index in [-0.39, 0.29) is 17.1 Å². The minimum Gasteiger partial charge on any atom is -0.494 e. The van der Waals surface area contributed by atoms with Gasteiger partial charge in [-0.2, -0.15) is 0 Å². The molecule has 0 unspecified atom stereocenters. The van der Waals surface area contributed by atoms with Gasteiger partial charge in [0.25, 0.3) is 11.1 Å². The molecule has 1 saturated heterocycles. The fourth-order valence-corrected chi connectivity index (χ4v) is 3.65. The first-order valence-corrected chi connectivity index (χ1v) is 10.4. The number of nitrogens with one attached hydrogen (secondary N) is 1. The van der Waals surface area contributed by atoms with E-state index in [4.69, 9.17) is 9.47 Å². The van der Waals surface area contributed by atoms with Crippen molar-refractivity contribution in [2.45, 2.75) is 32.6 Å². The SMILES string of the molecule is CCOC(=O)CCCCCOc1ccc2cc(/C=C3/SC(=O)NC3=O)ccc2c1. The van der Waals surface area contributed by atoms with Crippen LogP contribution in [0, 0.1) is 0 Å². The predicted molar refractivity (Wildman–Crippen MR) is 114 cm³/mol. The molecule has 7 heteroatoms. The first-order chi connectivity index (χ1) is 14.0. The van der Waals surface area contributed by atoms with Crippen molar-refractivity contribution in [3.05, 3.63) is 46.9 Å². The molecule has 0 spiro atoms. The standard InChI is InChI=1S/C22H23NO5S/c1-2-27-20(24)6-4-3-5-11-28-18-10-9-16-12-15(7-8-17(16)14-18)13-19-21(25)23-22(26)29-19/h7-10,12-14H,2-6,11H2,1H3,(H,23,25,26)/b19-13+. The predicted octanol–water partition coefficient (Wildman–Crippen LogP) is 4.67. The quantitative estimate of drug-likeness (QED) is 0.366. The summed E-state index contributed by atoms with van der Waals surface area (Å²) in [5.74, 6) is 0.299. The Morgan fingerprint density at radius 2 is 1.86 bits per heavy atom. The van der Waals surface area contributed by atoms with Gasteiger partial charge in [-0.15, -0.1) is 0 Å². The lowest BCUT2D eigenvalue weighted by atomic mass is 10.1. The fraction of sp³-hybridized carbons (Fsp3) is 0.318. The molecule has 6 nitrogen and oxygen atoms in total. The molecule has 2 amide bonds. The molecule has 1 aliphatic rings. The second kappa shape index (κ2) is 10.1. The average molecular weight is 413 g/mol. The summed E-state index contributed by atoms with van der Waals surface area (Å²) in [6.07, 6.45) is 4.77. The topological polar surface area (TPSA) is 81.7 Å². The lowest BCUT2D eigenvalue weighted by molar-refractivity contribution is -0.143. The van der Waals surface area contributed by atoms with Crippen molar-refractivity contribution in [1.82, 2.24) is 5.32 Å². The molecule has 29 heavy (non-hydrogen) atoms. The van der Waals surface area contributed by atoms with Crippen molar-refractivity contribution >= 4 is 45.7 Å². The molecule has 2 aromatic carbocycles. The summed E-state index contributed by atoms with van der Waals surface area (Å²) in [4.78, 5) is 34.6. The maximum Gasteiger partial charge on any atom is 0.305 e. The number of imide groups is 1. The lowest BCUT2D eigenvalue weighted by Gasteiger charge is -2.08. The Balaban J connectivity index is 1.52. The number of rotatable bonds is 9. The molecule has 1 heterocycles. The number of fused-ring (bicyclic) bond motifs is 1. The zero-order valence-electron chi connectivity index (χ0n) is 16.2. The van der Waals surface area contributed by atoms with Crippen LogP contribution in [-0.4, -0.2) is 30.3 Å². The number of ether oxygens (including phenoxy) is 2. The molecule has 0 bridgehead atoms. The number of esters is 1. The normalized spacial score (nSPS) is 15.0. The Bertz CT molecular complexity index is 953. The Morgan fingerprint density at radius 1 is 1.07 bits per heavy atom. The van der Waals surface area contributed by atoms with Crippen LogP contribution in [0.3, 0.4) is 0 Å². The number of carbonyl (C=O) groups excluding carboxylic acids is 3. The second-order valence-corrected chi connectivity index (χ2v) is 7.60. The molecule has 0 atom stereocenters. The molecule has 152 valence electrons. The fourth-order valence-electron chi connectivity index (χ4n) is 2.97. The van der Waals surface area contributed by atoms with Crippen LogP contribution in [0.5, 0.6) is 5.75 Å². The van der Waals surface area contributed by atoms with Crippen LogP contribution in [0.4, 0.5) is 4.79 Å². The first kappa shape index (κ1) is 20.9. The molecule has 3 rings (SSSR count). The van der Waals surface area contributed by atoms with Crippen LogP contribution in [0.1, 0.15) is 38.2 Å². The number of hydrogen-bond donors (Lipinski definition) is 1. The zero-order chi connectivity index (χ0) is 20.6. The van der Waals surface area contributed by atoms with E-state index in [1.165, 1.54) is 0 Å². The van der Waals surface area contributed by atoms with Crippen LogP contribution in [-0.2, 0) is 14.3 Å². The third-order valence-electron chi connectivity index (χ3n) is 4.37. The van der Waals surface area contributed by atoms with Crippen LogP contribution in [0.2, 0.25) is 0 Å². The van der Waals surface area contributed by atoms with Gasteiger partial charge in [-0.25, -0.2) is 0 Å². The first-order valence-electron chi connectivity index (χ1n) is 9.62. The Labute approximate surface area is 173 Å². The maximum atomic E-state index is 11.7. The van der Waals surface area contributed by atoms with Crippen molar-refractivity contribution in [2.75, 3.05) is 13.2 Å². The Morgan fingerprint density at radius 3 is 2.62 bits per heavy atom. The van der Waals surface area contributed by atoms with Gasteiger partial charge in [0.2, 0.25) is 0 Å². The molecule has 0 aliphatic carbocycles. The highest BCUT2D eigenvalue weighted by molar-refractivity contribution is 8.18. The Kier molecular flexibility index (Phi) is 7.30. The number of benzene rings is 2. The van der Waals surface area contributed by atoms with Gasteiger partial charge in [-0.05, 0) is 78.6 Å². The molecule has 1 aliphatic heterocycles. The van der Waals surface area contributed by atoms with E-state index in [1.807, 2.05) is 43.3 Å².